The third kappa shape index (κ3) is 2.86. The lowest BCUT2D eigenvalue weighted by Crippen LogP contribution is -2.51. The highest BCUT2D eigenvalue weighted by Crippen LogP contribution is 2.25. The van der Waals surface area contributed by atoms with Crippen molar-refractivity contribution in [1.82, 2.24) is 0 Å². The maximum atomic E-state index is 5.84. The van der Waals surface area contributed by atoms with E-state index in [1.807, 2.05) is 13.8 Å². The second kappa shape index (κ2) is 3.56. The first-order chi connectivity index (χ1) is 3.81. The summed E-state index contributed by atoms with van der Waals surface area (Å²) < 4.78 is 0. The van der Waals surface area contributed by atoms with Crippen LogP contribution >= 0.6 is 12.4 Å². The Morgan fingerprint density at radius 1 is 1.10 bits per heavy atom. The van der Waals surface area contributed by atoms with E-state index >= 15 is 0 Å². The predicted octanol–water partition coefficient (Wildman–Crippen LogP) is 1.13. The molecule has 2 nitrogen and oxygen atoms in total. The molecule has 0 bridgehead atoms. The van der Waals surface area contributed by atoms with Gasteiger partial charge in [0.25, 0.3) is 0 Å². The van der Waals surface area contributed by atoms with Crippen LogP contribution in [0.2, 0.25) is 0 Å². The highest BCUT2D eigenvalue weighted by atomic mass is 35.5. The van der Waals surface area contributed by atoms with Crippen molar-refractivity contribution in [2.24, 2.45) is 16.9 Å². The van der Waals surface area contributed by atoms with Gasteiger partial charge in [0.05, 0.1) is 0 Å². The van der Waals surface area contributed by atoms with Crippen LogP contribution in [0.3, 0.4) is 0 Å². The van der Waals surface area contributed by atoms with Crippen molar-refractivity contribution in [3.8, 4) is 0 Å². The minimum Gasteiger partial charge on any atom is -0.330 e. The van der Waals surface area contributed by atoms with Gasteiger partial charge in [-0.2, -0.15) is 0 Å². The van der Waals surface area contributed by atoms with Gasteiger partial charge in [0, 0.05) is 5.54 Å². The van der Waals surface area contributed by atoms with E-state index in [9.17, 15) is 0 Å². The number of rotatable bonds is 2. The van der Waals surface area contributed by atoms with Crippen molar-refractivity contribution in [3.63, 3.8) is 0 Å². The van der Waals surface area contributed by atoms with Crippen molar-refractivity contribution < 1.29 is 0 Å². The Kier molecular flexibility index (Phi) is 4.57. The van der Waals surface area contributed by atoms with Crippen LogP contribution in [0, 0.1) is 5.41 Å². The van der Waals surface area contributed by atoms with Crippen LogP contribution in [-0.4, -0.2) is 12.1 Å². The smallest absolute Gasteiger partial charge is 0.0160 e. The molecule has 0 spiro atoms. The van der Waals surface area contributed by atoms with Crippen molar-refractivity contribution in [1.29, 1.82) is 0 Å². The zero-order chi connectivity index (χ0) is 7.71. The largest absolute Gasteiger partial charge is 0.330 e. The third-order valence-corrected chi connectivity index (χ3v) is 2.25. The molecule has 0 aliphatic heterocycles. The number of halogens is 1. The molecule has 0 fully saturated rings. The summed E-state index contributed by atoms with van der Waals surface area (Å²) >= 11 is 0. The summed E-state index contributed by atoms with van der Waals surface area (Å²) in [5.74, 6) is 0. The van der Waals surface area contributed by atoms with E-state index in [0.29, 0.717) is 6.54 Å². The molecule has 0 unspecified atom stereocenters. The van der Waals surface area contributed by atoms with Gasteiger partial charge in [0.15, 0.2) is 0 Å². The zero-order valence-corrected chi connectivity index (χ0v) is 8.09. The van der Waals surface area contributed by atoms with Crippen molar-refractivity contribution in [2.45, 2.75) is 33.2 Å². The molecule has 0 aromatic rings. The number of hydrogen-bond donors (Lipinski definition) is 2. The maximum Gasteiger partial charge on any atom is 0.0160 e. The van der Waals surface area contributed by atoms with Gasteiger partial charge in [-0.25, -0.2) is 0 Å². The highest BCUT2D eigenvalue weighted by Gasteiger charge is 2.31. The molecule has 0 radical (unpaired) electrons. The van der Waals surface area contributed by atoms with Gasteiger partial charge in [-0.1, -0.05) is 13.8 Å². The average molecular weight is 167 g/mol. The topological polar surface area (TPSA) is 52.0 Å². The van der Waals surface area contributed by atoms with Crippen LogP contribution in [0.25, 0.3) is 0 Å². The van der Waals surface area contributed by atoms with Gasteiger partial charge in [0.1, 0.15) is 0 Å². The van der Waals surface area contributed by atoms with Crippen molar-refractivity contribution in [2.75, 3.05) is 6.54 Å². The van der Waals surface area contributed by atoms with Crippen LogP contribution in [-0.2, 0) is 0 Å². The van der Waals surface area contributed by atoms with E-state index in [0.717, 1.165) is 0 Å². The molecule has 64 valence electrons. The molecule has 0 aliphatic carbocycles. The summed E-state index contributed by atoms with van der Waals surface area (Å²) in [6.07, 6.45) is 0. The van der Waals surface area contributed by atoms with E-state index in [1.165, 1.54) is 0 Å². The average Bonchev–Trinajstić information content (AvgIpc) is 1.64. The molecular weight excluding hydrogens is 148 g/mol. The summed E-state index contributed by atoms with van der Waals surface area (Å²) in [5.41, 5.74) is 11.2. The van der Waals surface area contributed by atoms with Crippen molar-refractivity contribution in [3.05, 3.63) is 0 Å². The van der Waals surface area contributed by atoms with E-state index < -0.39 is 0 Å². The molecule has 0 saturated heterocycles. The quantitative estimate of drug-likeness (QED) is 0.647. The minimum absolute atomic E-state index is 0. The number of hydrogen-bond acceptors (Lipinski definition) is 2. The Morgan fingerprint density at radius 2 is 1.40 bits per heavy atom. The molecule has 10 heavy (non-hydrogen) atoms. The monoisotopic (exact) mass is 166 g/mol. The molecule has 3 heteroatoms. The van der Waals surface area contributed by atoms with Crippen LogP contribution in [0.5, 0.6) is 0 Å². The van der Waals surface area contributed by atoms with Crippen molar-refractivity contribution >= 4 is 12.4 Å². The molecule has 0 aromatic carbocycles. The minimum atomic E-state index is -0.179. The van der Waals surface area contributed by atoms with Crippen LogP contribution in [0.4, 0.5) is 0 Å². The second-order valence-electron chi connectivity index (χ2n) is 3.81. The Labute approximate surface area is 69.8 Å². The third-order valence-electron chi connectivity index (χ3n) is 2.25. The molecular formula is C7H19ClN2. The molecule has 0 aliphatic rings. The van der Waals surface area contributed by atoms with Crippen LogP contribution < -0.4 is 11.5 Å². The Balaban J connectivity index is 0. The molecule has 0 aromatic heterocycles. The van der Waals surface area contributed by atoms with E-state index in [4.69, 9.17) is 11.5 Å². The first-order valence-electron chi connectivity index (χ1n) is 3.30. The predicted molar refractivity (Wildman–Crippen MR) is 48.3 cm³/mol. The fourth-order valence-electron chi connectivity index (χ4n) is 0.263. The van der Waals surface area contributed by atoms with E-state index in [2.05, 4.69) is 13.8 Å². The Bertz CT molecular complexity index is 94.3. The molecule has 0 saturated carbocycles. The van der Waals surface area contributed by atoms with Gasteiger partial charge < -0.3 is 11.5 Å². The molecule has 0 rings (SSSR count). The van der Waals surface area contributed by atoms with Gasteiger partial charge in [-0.05, 0) is 25.8 Å². The maximum absolute atomic E-state index is 5.84. The van der Waals surface area contributed by atoms with Crippen LogP contribution in [0.1, 0.15) is 27.7 Å². The molecule has 4 N–H and O–H groups in total. The second-order valence-corrected chi connectivity index (χ2v) is 3.81. The Morgan fingerprint density at radius 3 is 1.40 bits per heavy atom. The van der Waals surface area contributed by atoms with Crippen LogP contribution in [0.15, 0.2) is 0 Å². The normalized spacial score (nSPS) is 12.6. The fraction of sp³-hybridized carbons (Fsp3) is 1.00. The van der Waals surface area contributed by atoms with E-state index in [1.54, 1.807) is 0 Å². The van der Waals surface area contributed by atoms with Gasteiger partial charge in [0.2, 0.25) is 0 Å². The summed E-state index contributed by atoms with van der Waals surface area (Å²) in [6.45, 7) is 8.79. The standard InChI is InChI=1S/C7H18N2.ClH/c1-6(2,5-8)7(3,4)9;/h5,8-9H2,1-4H3;1H. The van der Waals surface area contributed by atoms with Gasteiger partial charge in [-0.3, -0.25) is 0 Å². The lowest BCUT2D eigenvalue weighted by atomic mass is 9.75. The molecule has 0 amide bonds. The lowest BCUT2D eigenvalue weighted by molar-refractivity contribution is 0.212. The lowest BCUT2D eigenvalue weighted by Gasteiger charge is -2.37. The van der Waals surface area contributed by atoms with E-state index in [-0.39, 0.29) is 23.4 Å². The first-order valence-corrected chi connectivity index (χ1v) is 3.30. The molecule has 0 atom stereocenters. The highest BCUT2D eigenvalue weighted by molar-refractivity contribution is 5.85. The van der Waals surface area contributed by atoms with Gasteiger partial charge in [-0.15, -0.1) is 12.4 Å². The summed E-state index contributed by atoms with van der Waals surface area (Å²) in [6, 6.07) is 0. The summed E-state index contributed by atoms with van der Waals surface area (Å²) in [5, 5.41) is 0. The summed E-state index contributed by atoms with van der Waals surface area (Å²) in [4.78, 5) is 0. The SMILES string of the molecule is CC(C)(N)C(C)(C)CN.Cl. The summed E-state index contributed by atoms with van der Waals surface area (Å²) in [7, 11) is 0. The zero-order valence-electron chi connectivity index (χ0n) is 7.27. The number of nitrogens with two attached hydrogens (primary N) is 2. The fourth-order valence-corrected chi connectivity index (χ4v) is 0.263. The Hall–Kier alpha value is 0.210. The van der Waals surface area contributed by atoms with Gasteiger partial charge >= 0.3 is 0 Å². The first kappa shape index (κ1) is 12.8. The molecule has 0 heterocycles.